The average molecular weight is 324 g/mol. The van der Waals surface area contributed by atoms with Crippen molar-refractivity contribution in [1.29, 1.82) is 0 Å². The van der Waals surface area contributed by atoms with Gasteiger partial charge in [0.25, 0.3) is 0 Å². The Kier molecular flexibility index (Phi) is 3.86. The summed E-state index contributed by atoms with van der Waals surface area (Å²) in [6, 6.07) is 6.34. The van der Waals surface area contributed by atoms with Gasteiger partial charge in [0.1, 0.15) is 11.4 Å². The molecule has 0 bridgehead atoms. The third-order valence-corrected chi connectivity index (χ3v) is 5.05. The third kappa shape index (κ3) is 2.82. The number of fused-ring (bicyclic) bond motifs is 1. The highest BCUT2D eigenvalue weighted by Gasteiger charge is 2.39. The van der Waals surface area contributed by atoms with Gasteiger partial charge in [0.05, 0.1) is 0 Å². The minimum absolute atomic E-state index is 0.000661. The van der Waals surface area contributed by atoms with E-state index in [1.807, 2.05) is 6.07 Å². The lowest BCUT2D eigenvalue weighted by atomic mass is 9.79. The summed E-state index contributed by atoms with van der Waals surface area (Å²) < 4.78 is 7.50. The topological polar surface area (TPSA) is 35.2 Å². The van der Waals surface area contributed by atoms with Crippen molar-refractivity contribution in [3.8, 4) is 5.75 Å². The van der Waals surface area contributed by atoms with Gasteiger partial charge in [-0.15, -0.1) is 0 Å². The van der Waals surface area contributed by atoms with Crippen LogP contribution in [0, 0.1) is 0 Å². The quantitative estimate of drug-likeness (QED) is 0.750. The molecular formula is C16H22BrNO. The van der Waals surface area contributed by atoms with Crippen molar-refractivity contribution in [3.63, 3.8) is 0 Å². The number of rotatable bonds is 0. The van der Waals surface area contributed by atoms with Crippen molar-refractivity contribution in [2.45, 2.75) is 63.0 Å². The summed E-state index contributed by atoms with van der Waals surface area (Å²) in [4.78, 5) is 0. The molecule has 1 atom stereocenters. The Hall–Kier alpha value is -0.540. The molecule has 1 aromatic carbocycles. The molecule has 0 unspecified atom stereocenters. The standard InChI is InChI=1S/C16H22BrNO/c17-12-6-7-15-13(10-12)14(18)11-16(19-15)8-4-2-1-3-5-9-16/h6-7,10,14H,1-5,8-9,11,18H2/t14-/m1/s1. The van der Waals surface area contributed by atoms with Gasteiger partial charge in [-0.2, -0.15) is 0 Å². The van der Waals surface area contributed by atoms with Gasteiger partial charge in [0.2, 0.25) is 0 Å². The zero-order valence-corrected chi connectivity index (χ0v) is 12.9. The molecule has 3 rings (SSSR count). The predicted molar refractivity (Wildman–Crippen MR) is 81.4 cm³/mol. The Balaban J connectivity index is 1.88. The van der Waals surface area contributed by atoms with E-state index in [0.717, 1.165) is 35.0 Å². The van der Waals surface area contributed by atoms with E-state index in [1.54, 1.807) is 0 Å². The van der Waals surface area contributed by atoms with Crippen LogP contribution in [0.2, 0.25) is 0 Å². The molecule has 1 saturated carbocycles. The van der Waals surface area contributed by atoms with Gasteiger partial charge in [-0.1, -0.05) is 35.2 Å². The highest BCUT2D eigenvalue weighted by molar-refractivity contribution is 9.10. The Morgan fingerprint density at radius 3 is 2.53 bits per heavy atom. The van der Waals surface area contributed by atoms with Crippen molar-refractivity contribution in [2.24, 2.45) is 5.73 Å². The number of hydrogen-bond donors (Lipinski definition) is 1. The van der Waals surface area contributed by atoms with Gasteiger partial charge in [-0.25, -0.2) is 0 Å². The predicted octanol–water partition coefficient (Wildman–Crippen LogP) is 4.71. The van der Waals surface area contributed by atoms with E-state index < -0.39 is 0 Å². The van der Waals surface area contributed by atoms with Crippen molar-refractivity contribution in [1.82, 2.24) is 0 Å². The van der Waals surface area contributed by atoms with Gasteiger partial charge < -0.3 is 10.5 Å². The SMILES string of the molecule is N[C@@H]1CC2(CCCCCCC2)Oc2ccc(Br)cc21. The maximum Gasteiger partial charge on any atom is 0.124 e. The van der Waals surface area contributed by atoms with Crippen LogP contribution in [0.4, 0.5) is 0 Å². The first-order chi connectivity index (χ1) is 9.19. The second-order valence-corrected chi connectivity index (χ2v) is 6.96. The van der Waals surface area contributed by atoms with Gasteiger partial charge in [-0.05, 0) is 43.9 Å². The molecule has 104 valence electrons. The van der Waals surface area contributed by atoms with Gasteiger partial charge >= 0.3 is 0 Å². The monoisotopic (exact) mass is 323 g/mol. The third-order valence-electron chi connectivity index (χ3n) is 4.55. The molecule has 1 aliphatic heterocycles. The van der Waals surface area contributed by atoms with Crippen LogP contribution in [0.1, 0.15) is 63.0 Å². The summed E-state index contributed by atoms with van der Waals surface area (Å²) in [6.45, 7) is 0. The molecule has 3 heteroatoms. The summed E-state index contributed by atoms with van der Waals surface area (Å²) >= 11 is 3.52. The fourth-order valence-electron chi connectivity index (χ4n) is 3.54. The van der Waals surface area contributed by atoms with Crippen molar-refractivity contribution >= 4 is 15.9 Å². The Labute approximate surface area is 123 Å². The fourth-order valence-corrected chi connectivity index (χ4v) is 3.92. The minimum Gasteiger partial charge on any atom is -0.487 e. The van der Waals surface area contributed by atoms with E-state index in [9.17, 15) is 0 Å². The maximum atomic E-state index is 6.42. The molecule has 2 aliphatic rings. The first-order valence-electron chi connectivity index (χ1n) is 7.43. The fraction of sp³-hybridized carbons (Fsp3) is 0.625. The second-order valence-electron chi connectivity index (χ2n) is 6.05. The average Bonchev–Trinajstić information content (AvgIpc) is 2.36. The minimum atomic E-state index is 0.000661. The van der Waals surface area contributed by atoms with Crippen LogP contribution in [0.15, 0.2) is 22.7 Å². The molecule has 2 N–H and O–H groups in total. The molecule has 0 amide bonds. The van der Waals surface area contributed by atoms with Crippen LogP contribution in [0.3, 0.4) is 0 Å². The Morgan fingerprint density at radius 1 is 1.11 bits per heavy atom. The number of nitrogens with two attached hydrogens (primary N) is 1. The van der Waals surface area contributed by atoms with E-state index in [2.05, 4.69) is 28.1 Å². The summed E-state index contributed by atoms with van der Waals surface area (Å²) in [5.41, 5.74) is 7.57. The lowest BCUT2D eigenvalue weighted by Gasteiger charge is -2.42. The molecule has 0 saturated heterocycles. The summed E-state index contributed by atoms with van der Waals surface area (Å²) in [5, 5.41) is 0. The summed E-state index contributed by atoms with van der Waals surface area (Å²) in [5.74, 6) is 1.00. The summed E-state index contributed by atoms with van der Waals surface area (Å²) in [7, 11) is 0. The van der Waals surface area contributed by atoms with Crippen molar-refractivity contribution in [3.05, 3.63) is 28.2 Å². The normalized spacial score (nSPS) is 26.1. The molecule has 1 aliphatic carbocycles. The van der Waals surface area contributed by atoms with E-state index in [0.29, 0.717) is 0 Å². The highest BCUT2D eigenvalue weighted by Crippen LogP contribution is 2.44. The van der Waals surface area contributed by atoms with Gasteiger partial charge in [-0.3, -0.25) is 0 Å². The van der Waals surface area contributed by atoms with Crippen molar-refractivity contribution in [2.75, 3.05) is 0 Å². The van der Waals surface area contributed by atoms with Crippen LogP contribution in [0.5, 0.6) is 5.75 Å². The van der Waals surface area contributed by atoms with Crippen LogP contribution >= 0.6 is 15.9 Å². The molecular weight excluding hydrogens is 302 g/mol. The molecule has 0 radical (unpaired) electrons. The maximum absolute atomic E-state index is 6.42. The number of hydrogen-bond acceptors (Lipinski definition) is 2. The largest absolute Gasteiger partial charge is 0.487 e. The first-order valence-corrected chi connectivity index (χ1v) is 8.22. The lowest BCUT2D eigenvalue weighted by molar-refractivity contribution is 0.0112. The molecule has 19 heavy (non-hydrogen) atoms. The van der Waals surface area contributed by atoms with Crippen LogP contribution in [-0.4, -0.2) is 5.60 Å². The Morgan fingerprint density at radius 2 is 1.79 bits per heavy atom. The smallest absolute Gasteiger partial charge is 0.124 e. The molecule has 1 aromatic rings. The summed E-state index contributed by atoms with van der Waals surface area (Å²) in [6.07, 6.45) is 9.91. The lowest BCUT2D eigenvalue weighted by Crippen LogP contribution is -2.43. The second kappa shape index (κ2) is 5.45. The van der Waals surface area contributed by atoms with Crippen LogP contribution in [0.25, 0.3) is 0 Å². The highest BCUT2D eigenvalue weighted by atomic mass is 79.9. The zero-order chi connectivity index (χ0) is 13.3. The number of benzene rings is 1. The van der Waals surface area contributed by atoms with Gasteiger partial charge in [0.15, 0.2) is 0 Å². The van der Waals surface area contributed by atoms with Gasteiger partial charge in [0, 0.05) is 22.5 Å². The van der Waals surface area contributed by atoms with E-state index in [4.69, 9.17) is 10.5 Å². The number of ether oxygens (including phenoxy) is 1. The van der Waals surface area contributed by atoms with E-state index in [1.165, 1.54) is 32.1 Å². The van der Waals surface area contributed by atoms with E-state index >= 15 is 0 Å². The van der Waals surface area contributed by atoms with Crippen molar-refractivity contribution < 1.29 is 4.74 Å². The first kappa shape index (κ1) is 13.4. The Bertz CT molecular complexity index is 452. The molecule has 2 nitrogen and oxygen atoms in total. The molecule has 0 aromatic heterocycles. The van der Waals surface area contributed by atoms with E-state index in [-0.39, 0.29) is 11.6 Å². The molecule has 1 heterocycles. The zero-order valence-electron chi connectivity index (χ0n) is 11.3. The van der Waals surface area contributed by atoms with Crippen LogP contribution < -0.4 is 10.5 Å². The number of halogens is 1. The molecule has 1 fully saturated rings. The molecule has 1 spiro atoms. The van der Waals surface area contributed by atoms with Crippen LogP contribution in [-0.2, 0) is 0 Å².